The van der Waals surface area contributed by atoms with Crippen LogP contribution in [0.1, 0.15) is 0 Å². The highest BCUT2D eigenvalue weighted by Crippen LogP contribution is 2.30. The quantitative estimate of drug-likeness (QED) is 0.319. The Hall–Kier alpha value is -3.84. The van der Waals surface area contributed by atoms with Crippen LogP contribution in [0.4, 0.5) is 17.1 Å². The summed E-state index contributed by atoms with van der Waals surface area (Å²) < 4.78 is 5.76. The molecule has 0 fully saturated rings. The van der Waals surface area contributed by atoms with Crippen molar-refractivity contribution >= 4 is 17.1 Å². The topological polar surface area (TPSA) is 87.8 Å². The lowest BCUT2D eigenvalue weighted by Crippen LogP contribution is -2.22. The monoisotopic (exact) mass is 397 g/mol. The fourth-order valence-corrected chi connectivity index (χ4v) is 3.01. The summed E-state index contributed by atoms with van der Waals surface area (Å²) in [6.07, 6.45) is 0. The Kier molecular flexibility index (Phi) is 5.63. The molecule has 0 saturated heterocycles. The molecular weight excluding hydrogens is 378 g/mol. The minimum atomic E-state index is 0.318. The van der Waals surface area contributed by atoms with Crippen LogP contribution in [0.3, 0.4) is 0 Å². The highest BCUT2D eigenvalue weighted by molar-refractivity contribution is 5.71. The number of rotatable bonds is 6. The molecule has 0 aromatic heterocycles. The average molecular weight is 397 g/mol. The molecule has 0 radical (unpaired) electrons. The van der Waals surface area contributed by atoms with Crippen LogP contribution < -0.4 is 20.8 Å². The number of nitrogens with two attached hydrogens (primary N) is 1. The second-order valence-corrected chi connectivity index (χ2v) is 6.62. The van der Waals surface area contributed by atoms with E-state index in [-0.39, 0.29) is 0 Å². The number of hydrogen-bond donors (Lipinski definition) is 1. The number of ether oxygens (including phenoxy) is 1. The highest BCUT2D eigenvalue weighted by Gasteiger charge is 2.03. The van der Waals surface area contributed by atoms with Gasteiger partial charge in [-0.05, 0) is 71.8 Å². The predicted octanol–water partition coefficient (Wildman–Crippen LogP) is 5.96. The van der Waals surface area contributed by atoms with Crippen LogP contribution in [0.5, 0.6) is 11.5 Å². The molecule has 0 spiro atoms. The van der Waals surface area contributed by atoms with Crippen molar-refractivity contribution in [1.82, 2.24) is 0 Å². The maximum absolute atomic E-state index is 12.7. The summed E-state index contributed by atoms with van der Waals surface area (Å²) in [5.74, 6) is 6.59. The molecule has 0 atom stereocenters. The predicted molar refractivity (Wildman–Crippen MR) is 120 cm³/mol. The van der Waals surface area contributed by atoms with E-state index in [0.29, 0.717) is 28.0 Å². The molecule has 30 heavy (non-hydrogen) atoms. The zero-order valence-corrected chi connectivity index (χ0v) is 16.0. The van der Waals surface area contributed by atoms with Gasteiger partial charge in [-0.3, -0.25) is 5.84 Å². The summed E-state index contributed by atoms with van der Waals surface area (Å²) in [5, 5.41) is 25.0. The zero-order valence-electron chi connectivity index (χ0n) is 16.0. The van der Waals surface area contributed by atoms with Crippen molar-refractivity contribution in [2.75, 3.05) is 10.2 Å². The third-order valence-electron chi connectivity index (χ3n) is 4.61. The van der Waals surface area contributed by atoms with E-state index in [0.717, 1.165) is 21.9 Å². The van der Waals surface area contributed by atoms with Gasteiger partial charge in [0, 0.05) is 17.1 Å². The van der Waals surface area contributed by atoms with E-state index in [2.05, 4.69) is 0 Å². The SMILES string of the molecule is NN([O-])c1ccc(-c2ccc(N([O-])c3ccc(Oc4ccccc4)cc3)cc2)cc1. The van der Waals surface area contributed by atoms with E-state index in [1.165, 1.54) is 0 Å². The van der Waals surface area contributed by atoms with Gasteiger partial charge in [0.1, 0.15) is 11.5 Å². The van der Waals surface area contributed by atoms with Crippen molar-refractivity contribution < 1.29 is 4.74 Å². The van der Waals surface area contributed by atoms with Crippen molar-refractivity contribution in [3.63, 3.8) is 0 Å². The molecular formula is C24H19N3O3-2. The van der Waals surface area contributed by atoms with Crippen LogP contribution in [0.2, 0.25) is 0 Å². The molecule has 4 aromatic carbocycles. The van der Waals surface area contributed by atoms with E-state index in [4.69, 9.17) is 10.6 Å². The Labute approximate surface area is 174 Å². The van der Waals surface area contributed by atoms with E-state index in [1.807, 2.05) is 54.6 Å². The van der Waals surface area contributed by atoms with E-state index in [1.54, 1.807) is 48.5 Å². The van der Waals surface area contributed by atoms with Crippen LogP contribution >= 0.6 is 0 Å². The van der Waals surface area contributed by atoms with Crippen LogP contribution in [0.25, 0.3) is 11.1 Å². The van der Waals surface area contributed by atoms with Gasteiger partial charge in [0.15, 0.2) is 0 Å². The van der Waals surface area contributed by atoms with Gasteiger partial charge >= 0.3 is 0 Å². The minimum Gasteiger partial charge on any atom is -0.754 e. The first-order chi connectivity index (χ1) is 14.6. The maximum atomic E-state index is 12.7. The fraction of sp³-hybridized carbons (Fsp3) is 0. The molecule has 0 aliphatic rings. The van der Waals surface area contributed by atoms with Gasteiger partial charge in [0.2, 0.25) is 0 Å². The highest BCUT2D eigenvalue weighted by atomic mass is 16.5. The largest absolute Gasteiger partial charge is 0.754 e. The van der Waals surface area contributed by atoms with Gasteiger partial charge < -0.3 is 25.4 Å². The van der Waals surface area contributed by atoms with Gasteiger partial charge in [-0.15, -0.1) is 0 Å². The lowest BCUT2D eigenvalue weighted by atomic mass is 10.0. The molecule has 0 aliphatic carbocycles. The molecule has 6 nitrogen and oxygen atoms in total. The van der Waals surface area contributed by atoms with Crippen LogP contribution in [-0.2, 0) is 0 Å². The molecule has 0 bridgehead atoms. The Balaban J connectivity index is 1.46. The van der Waals surface area contributed by atoms with Gasteiger partial charge in [-0.2, -0.15) is 0 Å². The van der Waals surface area contributed by atoms with Crippen molar-refractivity contribution in [2.45, 2.75) is 0 Å². The number of benzene rings is 4. The number of anilines is 3. The summed E-state index contributed by atoms with van der Waals surface area (Å²) in [6, 6.07) is 30.6. The third kappa shape index (κ3) is 4.42. The van der Waals surface area contributed by atoms with E-state index < -0.39 is 0 Å². The standard InChI is InChI=1S/C24H19N3O3/c25-27(29)22-12-8-19(9-13-22)18-6-10-20(11-7-18)26(28)21-14-16-24(17-15-21)30-23-4-2-1-3-5-23/h1-17H,25H2/q-2. The Bertz CT molecular complexity index is 1080. The molecule has 4 aromatic rings. The molecule has 150 valence electrons. The molecule has 2 N–H and O–H groups in total. The van der Waals surface area contributed by atoms with Crippen molar-refractivity contribution in [3.8, 4) is 22.6 Å². The molecule has 4 rings (SSSR count). The van der Waals surface area contributed by atoms with Crippen molar-refractivity contribution in [2.24, 2.45) is 5.84 Å². The molecule has 6 heteroatoms. The zero-order chi connectivity index (χ0) is 20.9. The smallest absolute Gasteiger partial charge is 0.127 e. The lowest BCUT2D eigenvalue weighted by Gasteiger charge is -2.31. The van der Waals surface area contributed by atoms with Crippen molar-refractivity contribution in [3.05, 3.63) is 114 Å². The van der Waals surface area contributed by atoms with Gasteiger partial charge in [-0.1, -0.05) is 42.5 Å². The summed E-state index contributed by atoms with van der Waals surface area (Å²) in [5.41, 5.74) is 3.25. The number of nitrogens with zero attached hydrogens (tertiary/aromatic N) is 2. The second kappa shape index (κ2) is 8.67. The molecule has 0 amide bonds. The van der Waals surface area contributed by atoms with Crippen LogP contribution in [0.15, 0.2) is 103 Å². The number of para-hydroxylation sites is 1. The summed E-state index contributed by atoms with van der Waals surface area (Å²) >= 11 is 0. The summed E-state index contributed by atoms with van der Waals surface area (Å²) in [4.78, 5) is 0. The molecule has 0 unspecified atom stereocenters. The van der Waals surface area contributed by atoms with Gasteiger partial charge in [0.05, 0.1) is 0 Å². The Morgan fingerprint density at radius 1 is 0.533 bits per heavy atom. The van der Waals surface area contributed by atoms with Gasteiger partial charge in [-0.25, -0.2) is 0 Å². The third-order valence-corrected chi connectivity index (χ3v) is 4.61. The second-order valence-electron chi connectivity index (χ2n) is 6.62. The lowest BCUT2D eigenvalue weighted by molar-refractivity contribution is 0.483. The number of hydrogen-bond acceptors (Lipinski definition) is 6. The first kappa shape index (κ1) is 19.5. The van der Waals surface area contributed by atoms with Crippen LogP contribution in [-0.4, -0.2) is 0 Å². The summed E-state index contributed by atoms with van der Waals surface area (Å²) in [7, 11) is 0. The minimum absolute atomic E-state index is 0.318. The summed E-state index contributed by atoms with van der Waals surface area (Å²) in [6.45, 7) is 0. The fourth-order valence-electron chi connectivity index (χ4n) is 3.01. The van der Waals surface area contributed by atoms with E-state index >= 15 is 0 Å². The Morgan fingerprint density at radius 2 is 0.967 bits per heavy atom. The molecule has 0 aliphatic heterocycles. The first-order valence-electron chi connectivity index (χ1n) is 9.33. The average Bonchev–Trinajstić information content (AvgIpc) is 2.80. The first-order valence-corrected chi connectivity index (χ1v) is 9.33. The Morgan fingerprint density at radius 3 is 1.47 bits per heavy atom. The molecule has 0 heterocycles. The van der Waals surface area contributed by atoms with Gasteiger partial charge in [0.25, 0.3) is 0 Å². The normalized spacial score (nSPS) is 10.5. The molecule has 0 saturated carbocycles. The maximum Gasteiger partial charge on any atom is 0.127 e. The van der Waals surface area contributed by atoms with Crippen molar-refractivity contribution in [1.29, 1.82) is 0 Å². The van der Waals surface area contributed by atoms with E-state index in [9.17, 15) is 10.4 Å². The van der Waals surface area contributed by atoms with Crippen LogP contribution in [0, 0.1) is 10.4 Å². The number of hydrazine groups is 1.